The molecular formula is C19H18Cl2N2O2. The number of benzene rings is 2. The molecule has 0 aromatic heterocycles. The van der Waals surface area contributed by atoms with E-state index >= 15 is 0 Å². The summed E-state index contributed by atoms with van der Waals surface area (Å²) in [4.78, 5) is 28.8. The van der Waals surface area contributed by atoms with Crippen molar-refractivity contribution in [3.63, 3.8) is 0 Å². The third-order valence-corrected chi connectivity index (χ3v) is 5.22. The van der Waals surface area contributed by atoms with Crippen LogP contribution < -0.4 is 4.90 Å². The summed E-state index contributed by atoms with van der Waals surface area (Å²) >= 11 is 12.3. The molecule has 1 atom stereocenters. The Balaban J connectivity index is 1.83. The molecule has 1 aliphatic rings. The predicted molar refractivity (Wildman–Crippen MR) is 100 cm³/mol. The highest BCUT2D eigenvalue weighted by atomic mass is 35.5. The van der Waals surface area contributed by atoms with Gasteiger partial charge in [-0.2, -0.15) is 0 Å². The van der Waals surface area contributed by atoms with E-state index in [2.05, 4.69) is 0 Å². The van der Waals surface area contributed by atoms with E-state index in [-0.39, 0.29) is 11.8 Å². The summed E-state index contributed by atoms with van der Waals surface area (Å²) in [5.41, 5.74) is 2.12. The number of halogens is 2. The van der Waals surface area contributed by atoms with Gasteiger partial charge in [0.15, 0.2) is 0 Å². The summed E-state index contributed by atoms with van der Waals surface area (Å²) in [6.07, 6.45) is 0. The third-order valence-electron chi connectivity index (χ3n) is 4.49. The maximum absolute atomic E-state index is 12.8. The lowest BCUT2D eigenvalue weighted by Gasteiger charge is -2.39. The van der Waals surface area contributed by atoms with Crippen molar-refractivity contribution in [2.45, 2.75) is 19.9 Å². The van der Waals surface area contributed by atoms with Gasteiger partial charge in [0.1, 0.15) is 6.04 Å². The second-order valence-electron chi connectivity index (χ2n) is 6.08. The minimum atomic E-state index is -0.572. The lowest BCUT2D eigenvalue weighted by atomic mass is 10.1. The standard InChI is InChI=1S/C19H18Cl2N2O2/c1-12-7-8-14(11-17(12)21)23-10-9-22(13(2)18(23)24)19(25)15-5-3-4-6-16(15)20/h3-8,11,13H,9-10H2,1-2H3/t13-/m0/s1. The summed E-state index contributed by atoms with van der Waals surface area (Å²) in [7, 11) is 0. The normalized spacial score (nSPS) is 17.8. The van der Waals surface area contributed by atoms with Crippen LogP contribution in [0.1, 0.15) is 22.8 Å². The Labute approximate surface area is 156 Å². The van der Waals surface area contributed by atoms with Crippen LogP contribution >= 0.6 is 23.2 Å². The van der Waals surface area contributed by atoms with Crippen LogP contribution in [0.2, 0.25) is 10.0 Å². The van der Waals surface area contributed by atoms with Crippen LogP contribution in [0.15, 0.2) is 42.5 Å². The van der Waals surface area contributed by atoms with Crippen molar-refractivity contribution in [2.24, 2.45) is 0 Å². The smallest absolute Gasteiger partial charge is 0.256 e. The van der Waals surface area contributed by atoms with Crippen molar-refractivity contribution in [2.75, 3.05) is 18.0 Å². The van der Waals surface area contributed by atoms with Crippen LogP contribution in [0.4, 0.5) is 5.69 Å². The summed E-state index contributed by atoms with van der Waals surface area (Å²) < 4.78 is 0. The topological polar surface area (TPSA) is 40.6 Å². The van der Waals surface area contributed by atoms with E-state index in [1.807, 2.05) is 19.1 Å². The molecule has 0 saturated carbocycles. The van der Waals surface area contributed by atoms with Gasteiger partial charge in [-0.3, -0.25) is 9.59 Å². The van der Waals surface area contributed by atoms with E-state index in [1.165, 1.54) is 0 Å². The van der Waals surface area contributed by atoms with Gasteiger partial charge >= 0.3 is 0 Å². The minimum Gasteiger partial charge on any atom is -0.325 e. The number of carbonyl (C=O) groups excluding carboxylic acids is 2. The summed E-state index contributed by atoms with van der Waals surface area (Å²) in [6, 6.07) is 11.8. The van der Waals surface area contributed by atoms with Gasteiger partial charge < -0.3 is 9.80 Å². The highest BCUT2D eigenvalue weighted by Gasteiger charge is 2.35. The van der Waals surface area contributed by atoms with Gasteiger partial charge in [0.25, 0.3) is 5.91 Å². The second kappa shape index (κ2) is 7.06. The number of nitrogens with zero attached hydrogens (tertiary/aromatic N) is 2. The molecule has 0 N–H and O–H groups in total. The lowest BCUT2D eigenvalue weighted by molar-refractivity contribution is -0.124. The predicted octanol–water partition coefficient (Wildman–Crippen LogP) is 4.18. The zero-order valence-electron chi connectivity index (χ0n) is 14.0. The number of rotatable bonds is 2. The molecule has 4 nitrogen and oxygen atoms in total. The SMILES string of the molecule is Cc1ccc(N2CCN(C(=O)c3ccccc3Cl)[C@@H](C)C2=O)cc1Cl. The van der Waals surface area contributed by atoms with Crippen LogP contribution in [0, 0.1) is 6.92 Å². The summed E-state index contributed by atoms with van der Waals surface area (Å²) in [6.45, 7) is 4.50. The number of anilines is 1. The Morgan fingerprint density at radius 1 is 1.08 bits per heavy atom. The Bertz CT molecular complexity index is 838. The van der Waals surface area contributed by atoms with E-state index in [9.17, 15) is 9.59 Å². The largest absolute Gasteiger partial charge is 0.325 e. The fraction of sp³-hybridized carbons (Fsp3) is 0.263. The van der Waals surface area contributed by atoms with E-state index < -0.39 is 6.04 Å². The fourth-order valence-electron chi connectivity index (χ4n) is 2.94. The zero-order chi connectivity index (χ0) is 18.1. The molecule has 130 valence electrons. The third kappa shape index (κ3) is 3.37. The first-order chi connectivity index (χ1) is 11.9. The van der Waals surface area contributed by atoms with Gasteiger partial charge in [-0.15, -0.1) is 0 Å². The van der Waals surface area contributed by atoms with E-state index in [1.54, 1.807) is 47.1 Å². The second-order valence-corrected chi connectivity index (χ2v) is 6.89. The minimum absolute atomic E-state index is 0.133. The van der Waals surface area contributed by atoms with E-state index in [0.29, 0.717) is 28.7 Å². The average Bonchev–Trinajstić information content (AvgIpc) is 2.60. The monoisotopic (exact) mass is 376 g/mol. The Hall–Kier alpha value is -2.04. The molecular weight excluding hydrogens is 359 g/mol. The highest BCUT2D eigenvalue weighted by molar-refractivity contribution is 6.34. The number of carbonyl (C=O) groups is 2. The first-order valence-electron chi connectivity index (χ1n) is 8.03. The number of hydrogen-bond donors (Lipinski definition) is 0. The Morgan fingerprint density at radius 2 is 1.80 bits per heavy atom. The number of amides is 2. The molecule has 1 fully saturated rings. The average molecular weight is 377 g/mol. The van der Waals surface area contributed by atoms with Gasteiger partial charge in [0, 0.05) is 23.8 Å². The van der Waals surface area contributed by atoms with Gasteiger partial charge in [0.2, 0.25) is 5.91 Å². The van der Waals surface area contributed by atoms with Crippen LogP contribution in [-0.4, -0.2) is 35.8 Å². The van der Waals surface area contributed by atoms with E-state index in [0.717, 1.165) is 11.3 Å². The first kappa shape index (κ1) is 17.8. The molecule has 0 spiro atoms. The molecule has 0 bridgehead atoms. The Kier molecular flexibility index (Phi) is 5.02. The molecule has 0 aliphatic carbocycles. The summed E-state index contributed by atoms with van der Waals surface area (Å²) in [5.74, 6) is -0.361. The molecule has 1 aliphatic heterocycles. The van der Waals surface area contributed by atoms with Gasteiger partial charge in [-0.05, 0) is 43.7 Å². The zero-order valence-corrected chi connectivity index (χ0v) is 15.5. The molecule has 0 radical (unpaired) electrons. The van der Waals surface area contributed by atoms with Crippen LogP contribution in [0.3, 0.4) is 0 Å². The molecule has 2 aromatic rings. The molecule has 3 rings (SSSR count). The number of piperazine rings is 1. The number of hydrogen-bond acceptors (Lipinski definition) is 2. The van der Waals surface area contributed by atoms with E-state index in [4.69, 9.17) is 23.2 Å². The van der Waals surface area contributed by atoms with Crippen molar-refractivity contribution in [1.29, 1.82) is 0 Å². The lowest BCUT2D eigenvalue weighted by Crippen LogP contribution is -2.57. The molecule has 1 saturated heterocycles. The fourth-order valence-corrected chi connectivity index (χ4v) is 3.33. The molecule has 6 heteroatoms. The maximum atomic E-state index is 12.8. The first-order valence-corrected chi connectivity index (χ1v) is 8.79. The van der Waals surface area contributed by atoms with Crippen LogP contribution in [0.5, 0.6) is 0 Å². The van der Waals surface area contributed by atoms with Gasteiger partial charge in [-0.1, -0.05) is 41.4 Å². The maximum Gasteiger partial charge on any atom is 0.256 e. The van der Waals surface area contributed by atoms with Crippen LogP contribution in [-0.2, 0) is 4.79 Å². The molecule has 2 amide bonds. The van der Waals surface area contributed by atoms with Gasteiger partial charge in [0.05, 0.1) is 10.6 Å². The number of aryl methyl sites for hydroxylation is 1. The Morgan fingerprint density at radius 3 is 2.48 bits per heavy atom. The molecule has 2 aromatic carbocycles. The summed E-state index contributed by atoms with van der Waals surface area (Å²) in [5, 5.41) is 1.01. The molecule has 25 heavy (non-hydrogen) atoms. The van der Waals surface area contributed by atoms with Gasteiger partial charge in [-0.25, -0.2) is 0 Å². The van der Waals surface area contributed by atoms with Crippen molar-refractivity contribution in [3.8, 4) is 0 Å². The van der Waals surface area contributed by atoms with Crippen molar-refractivity contribution in [3.05, 3.63) is 63.6 Å². The van der Waals surface area contributed by atoms with Crippen molar-refractivity contribution >= 4 is 40.7 Å². The van der Waals surface area contributed by atoms with Crippen molar-refractivity contribution < 1.29 is 9.59 Å². The molecule has 0 unspecified atom stereocenters. The van der Waals surface area contributed by atoms with Crippen molar-refractivity contribution in [1.82, 2.24) is 4.90 Å². The van der Waals surface area contributed by atoms with Crippen LogP contribution in [0.25, 0.3) is 0 Å². The molecule has 1 heterocycles. The highest BCUT2D eigenvalue weighted by Crippen LogP contribution is 2.27. The quantitative estimate of drug-likeness (QED) is 0.788.